The fourth-order valence-electron chi connectivity index (χ4n) is 2.39. The Morgan fingerprint density at radius 3 is 2.59 bits per heavy atom. The molecule has 0 aliphatic carbocycles. The molecule has 1 aliphatic rings. The summed E-state index contributed by atoms with van der Waals surface area (Å²) in [6.45, 7) is 2.30. The van der Waals surface area contributed by atoms with Gasteiger partial charge in [0.05, 0.1) is 17.9 Å². The molecule has 7 nitrogen and oxygen atoms in total. The van der Waals surface area contributed by atoms with Crippen LogP contribution in [0.2, 0.25) is 0 Å². The highest BCUT2D eigenvalue weighted by Gasteiger charge is 2.31. The smallest absolute Gasteiger partial charge is 0.308 e. The van der Waals surface area contributed by atoms with Gasteiger partial charge in [0.1, 0.15) is 0 Å². The molecule has 2 rings (SSSR count). The van der Waals surface area contributed by atoms with E-state index >= 15 is 0 Å². The molecule has 1 aromatic rings. The zero-order chi connectivity index (χ0) is 16.5. The third-order valence-corrected chi connectivity index (χ3v) is 4.20. The number of hydrogen-bond donors (Lipinski definition) is 2. The molecule has 2 N–H and O–H groups in total. The average molecular weight is 326 g/mol. The number of carbonyl (C=O) groups is 2. The number of nitrogens with one attached hydrogen (secondary N) is 1. The number of carbonyl (C=O) groups excluding carboxylic acids is 1. The highest BCUT2D eigenvalue weighted by molar-refractivity contribution is 7.92. The Morgan fingerprint density at radius 1 is 1.36 bits per heavy atom. The summed E-state index contributed by atoms with van der Waals surface area (Å²) < 4.78 is 25.0. The number of likely N-dealkylation sites (tertiary alicyclic amines) is 1. The molecule has 0 aromatic heterocycles. The SMILES string of the molecule is Cc1ccc(C(=O)N2CCC(C(=O)O)C2)cc1NS(C)(=O)=O. The molecule has 1 amide bonds. The lowest BCUT2D eigenvalue weighted by molar-refractivity contribution is -0.141. The van der Waals surface area contributed by atoms with Crippen molar-refractivity contribution in [2.75, 3.05) is 24.1 Å². The minimum atomic E-state index is -3.43. The maximum atomic E-state index is 12.4. The first kappa shape index (κ1) is 16.3. The van der Waals surface area contributed by atoms with E-state index in [4.69, 9.17) is 5.11 Å². The number of amides is 1. The monoisotopic (exact) mass is 326 g/mol. The first-order chi connectivity index (χ1) is 10.2. The summed E-state index contributed by atoms with van der Waals surface area (Å²) in [5.74, 6) is -1.73. The van der Waals surface area contributed by atoms with Gasteiger partial charge in [-0.05, 0) is 31.0 Å². The molecule has 1 heterocycles. The van der Waals surface area contributed by atoms with Crippen LogP contribution in [0.3, 0.4) is 0 Å². The van der Waals surface area contributed by atoms with E-state index in [1.165, 1.54) is 11.0 Å². The van der Waals surface area contributed by atoms with Gasteiger partial charge in [0.2, 0.25) is 10.0 Å². The second kappa shape index (κ2) is 5.96. The molecule has 22 heavy (non-hydrogen) atoms. The van der Waals surface area contributed by atoms with Gasteiger partial charge in [-0.25, -0.2) is 8.42 Å². The maximum Gasteiger partial charge on any atom is 0.308 e. The number of rotatable bonds is 4. The van der Waals surface area contributed by atoms with Gasteiger partial charge in [-0.2, -0.15) is 0 Å². The second-order valence-corrected chi connectivity index (χ2v) is 7.23. The minimum absolute atomic E-state index is 0.177. The maximum absolute atomic E-state index is 12.4. The molecule has 0 radical (unpaired) electrons. The minimum Gasteiger partial charge on any atom is -0.481 e. The molecule has 0 bridgehead atoms. The lowest BCUT2D eigenvalue weighted by Crippen LogP contribution is -2.30. The number of anilines is 1. The molecule has 120 valence electrons. The van der Waals surface area contributed by atoms with E-state index in [-0.39, 0.29) is 12.5 Å². The third kappa shape index (κ3) is 3.76. The number of hydrogen-bond acceptors (Lipinski definition) is 4. The number of sulfonamides is 1. The van der Waals surface area contributed by atoms with E-state index in [0.717, 1.165) is 6.26 Å². The van der Waals surface area contributed by atoms with Gasteiger partial charge >= 0.3 is 5.97 Å². The molecule has 0 spiro atoms. The lowest BCUT2D eigenvalue weighted by atomic mass is 10.1. The van der Waals surface area contributed by atoms with Gasteiger partial charge in [-0.1, -0.05) is 6.07 Å². The van der Waals surface area contributed by atoms with Crippen molar-refractivity contribution in [3.63, 3.8) is 0 Å². The summed E-state index contributed by atoms with van der Waals surface area (Å²) in [5.41, 5.74) is 1.39. The number of aliphatic carboxylic acids is 1. The van der Waals surface area contributed by atoms with Crippen molar-refractivity contribution in [2.45, 2.75) is 13.3 Å². The Morgan fingerprint density at radius 2 is 2.05 bits per heavy atom. The molecule has 1 aliphatic heterocycles. The molecule has 0 saturated carbocycles. The largest absolute Gasteiger partial charge is 0.481 e. The summed E-state index contributed by atoms with van der Waals surface area (Å²) in [4.78, 5) is 24.8. The van der Waals surface area contributed by atoms with E-state index < -0.39 is 21.9 Å². The van der Waals surface area contributed by atoms with Crippen molar-refractivity contribution >= 4 is 27.6 Å². The van der Waals surface area contributed by atoms with E-state index in [9.17, 15) is 18.0 Å². The van der Waals surface area contributed by atoms with Crippen LogP contribution in [0.25, 0.3) is 0 Å². The quantitative estimate of drug-likeness (QED) is 0.856. The van der Waals surface area contributed by atoms with Crippen molar-refractivity contribution in [3.05, 3.63) is 29.3 Å². The van der Waals surface area contributed by atoms with E-state index in [1.807, 2.05) is 0 Å². The summed E-state index contributed by atoms with van der Waals surface area (Å²) in [6.07, 6.45) is 1.47. The van der Waals surface area contributed by atoms with E-state index in [0.29, 0.717) is 29.8 Å². The number of carboxylic acids is 1. The van der Waals surface area contributed by atoms with Crippen LogP contribution in [-0.2, 0) is 14.8 Å². The summed E-state index contributed by atoms with van der Waals surface area (Å²) in [6, 6.07) is 4.75. The third-order valence-electron chi connectivity index (χ3n) is 3.60. The van der Waals surface area contributed by atoms with Crippen molar-refractivity contribution in [1.29, 1.82) is 0 Å². The molecular formula is C14H18N2O5S. The topological polar surface area (TPSA) is 104 Å². The average Bonchev–Trinajstić information content (AvgIpc) is 2.88. The zero-order valence-corrected chi connectivity index (χ0v) is 13.2. The van der Waals surface area contributed by atoms with Crippen LogP contribution in [-0.4, -0.2) is 49.6 Å². The van der Waals surface area contributed by atoms with Crippen molar-refractivity contribution in [2.24, 2.45) is 5.92 Å². The van der Waals surface area contributed by atoms with Crippen molar-refractivity contribution in [1.82, 2.24) is 4.90 Å². The summed E-state index contributed by atoms with van der Waals surface area (Å²) in [5, 5.41) is 8.98. The number of nitrogens with zero attached hydrogens (tertiary/aromatic N) is 1. The molecule has 1 saturated heterocycles. The fourth-order valence-corrected chi connectivity index (χ4v) is 3.01. The molecule has 8 heteroatoms. The van der Waals surface area contributed by atoms with Gasteiger partial charge < -0.3 is 10.0 Å². The lowest BCUT2D eigenvalue weighted by Gasteiger charge is -2.17. The van der Waals surface area contributed by atoms with Gasteiger partial charge in [0.15, 0.2) is 0 Å². The van der Waals surface area contributed by atoms with Crippen molar-refractivity contribution in [3.8, 4) is 0 Å². The fraction of sp³-hybridized carbons (Fsp3) is 0.429. The number of benzene rings is 1. The summed E-state index contributed by atoms with van der Waals surface area (Å²) in [7, 11) is -3.43. The number of aryl methyl sites for hydroxylation is 1. The van der Waals surface area contributed by atoms with E-state index in [2.05, 4.69) is 4.72 Å². The van der Waals surface area contributed by atoms with Crippen LogP contribution < -0.4 is 4.72 Å². The van der Waals surface area contributed by atoms with Gasteiger partial charge in [-0.15, -0.1) is 0 Å². The van der Waals surface area contributed by atoms with Crippen LogP contribution in [0.1, 0.15) is 22.3 Å². The Labute approximate surface area is 129 Å². The Kier molecular flexibility index (Phi) is 4.41. The second-order valence-electron chi connectivity index (χ2n) is 5.48. The first-order valence-corrected chi connectivity index (χ1v) is 8.67. The van der Waals surface area contributed by atoms with Gasteiger partial charge in [0.25, 0.3) is 5.91 Å². The normalized spacial score (nSPS) is 18.3. The zero-order valence-electron chi connectivity index (χ0n) is 12.4. The first-order valence-electron chi connectivity index (χ1n) is 6.78. The Balaban J connectivity index is 2.21. The molecule has 1 aromatic carbocycles. The van der Waals surface area contributed by atoms with E-state index in [1.54, 1.807) is 19.1 Å². The molecule has 1 atom stereocenters. The standard InChI is InChI=1S/C14H18N2O5S/c1-9-3-4-10(7-12(9)15-22(2,20)21)13(17)16-6-5-11(8-16)14(18)19/h3-4,7,11,15H,5-6,8H2,1-2H3,(H,18,19). The predicted octanol–water partition coefficient (Wildman–Crippen LogP) is 0.913. The van der Waals surface area contributed by atoms with Crippen LogP contribution in [0, 0.1) is 12.8 Å². The van der Waals surface area contributed by atoms with Crippen molar-refractivity contribution < 1.29 is 23.1 Å². The predicted molar refractivity (Wildman–Crippen MR) is 81.3 cm³/mol. The highest BCUT2D eigenvalue weighted by atomic mass is 32.2. The highest BCUT2D eigenvalue weighted by Crippen LogP contribution is 2.22. The molecule has 1 fully saturated rings. The Bertz CT molecular complexity index is 714. The van der Waals surface area contributed by atoms with Crippen LogP contribution in [0.4, 0.5) is 5.69 Å². The van der Waals surface area contributed by atoms with Gasteiger partial charge in [0, 0.05) is 18.7 Å². The van der Waals surface area contributed by atoms with Crippen LogP contribution in [0.15, 0.2) is 18.2 Å². The number of carboxylic acid groups (broad SMARTS) is 1. The van der Waals surface area contributed by atoms with Gasteiger partial charge in [-0.3, -0.25) is 14.3 Å². The van der Waals surface area contributed by atoms with Crippen LogP contribution >= 0.6 is 0 Å². The molecular weight excluding hydrogens is 308 g/mol. The Hall–Kier alpha value is -2.09. The molecule has 1 unspecified atom stereocenters. The van der Waals surface area contributed by atoms with Crippen LogP contribution in [0.5, 0.6) is 0 Å². The summed E-state index contributed by atoms with van der Waals surface area (Å²) >= 11 is 0.